The molecule has 0 spiro atoms. The Hall–Kier alpha value is -0.740. The maximum atomic E-state index is 6.00. The highest BCUT2D eigenvalue weighted by molar-refractivity contribution is 6.35. The minimum absolute atomic E-state index is 0.139. The van der Waals surface area contributed by atoms with Gasteiger partial charge in [-0.1, -0.05) is 34.8 Å². The zero-order valence-electron chi connectivity index (χ0n) is 8.83. The summed E-state index contributed by atoms with van der Waals surface area (Å²) in [7, 11) is 0. The molecule has 1 heterocycles. The summed E-state index contributed by atoms with van der Waals surface area (Å²) in [5.41, 5.74) is 0.506. The Kier molecular flexibility index (Phi) is 4.51. The fourth-order valence-electron chi connectivity index (χ4n) is 1.24. The van der Waals surface area contributed by atoms with Crippen molar-refractivity contribution in [2.45, 2.75) is 5.88 Å². The second-order valence-electron chi connectivity index (χ2n) is 3.26. The van der Waals surface area contributed by atoms with E-state index in [1.54, 1.807) is 18.2 Å². The first-order valence-electron chi connectivity index (χ1n) is 4.80. The summed E-state index contributed by atoms with van der Waals surface area (Å²) in [4.78, 5) is 7.80. The lowest BCUT2D eigenvalue weighted by Crippen LogP contribution is -1.96. The van der Waals surface area contributed by atoms with Crippen LogP contribution < -0.4 is 4.74 Å². The minimum Gasteiger partial charge on any atom is -0.437 e. The molecule has 2 rings (SSSR count). The van der Waals surface area contributed by atoms with E-state index in [0.29, 0.717) is 21.4 Å². The first-order valence-corrected chi connectivity index (χ1v) is 6.47. The topological polar surface area (TPSA) is 35.0 Å². The molecule has 18 heavy (non-hydrogen) atoms. The van der Waals surface area contributed by atoms with Crippen molar-refractivity contribution < 1.29 is 4.74 Å². The van der Waals surface area contributed by atoms with Gasteiger partial charge in [-0.15, -0.1) is 11.6 Å². The third-order valence-corrected chi connectivity index (χ3v) is 3.21. The van der Waals surface area contributed by atoms with Crippen LogP contribution in [0.15, 0.2) is 24.5 Å². The summed E-state index contributed by atoms with van der Waals surface area (Å²) in [6.45, 7) is 0. The van der Waals surface area contributed by atoms with Crippen LogP contribution in [0.4, 0.5) is 0 Å². The van der Waals surface area contributed by atoms with Gasteiger partial charge in [0, 0.05) is 5.02 Å². The molecule has 0 atom stereocenters. The van der Waals surface area contributed by atoms with Crippen LogP contribution in [-0.2, 0) is 5.88 Å². The molecule has 94 valence electrons. The molecular weight excluding hydrogens is 318 g/mol. The molecule has 3 nitrogen and oxygen atoms in total. The predicted octanol–water partition coefficient (Wildman–Crippen LogP) is 4.97. The lowest BCUT2D eigenvalue weighted by atomic mass is 10.3. The van der Waals surface area contributed by atoms with E-state index in [1.165, 1.54) is 6.33 Å². The molecule has 0 radical (unpaired) electrons. The molecule has 0 aliphatic rings. The highest BCUT2D eigenvalue weighted by Gasteiger charge is 2.12. The molecular formula is C11H6Cl4N2O. The van der Waals surface area contributed by atoms with Crippen LogP contribution in [0.3, 0.4) is 0 Å². The highest BCUT2D eigenvalue weighted by Crippen LogP contribution is 2.33. The lowest BCUT2D eigenvalue weighted by molar-refractivity contribution is 0.457. The van der Waals surface area contributed by atoms with Crippen molar-refractivity contribution in [2.75, 3.05) is 0 Å². The van der Waals surface area contributed by atoms with Crippen LogP contribution in [0.5, 0.6) is 11.6 Å². The zero-order chi connectivity index (χ0) is 13.1. The average molecular weight is 324 g/mol. The van der Waals surface area contributed by atoms with Crippen LogP contribution in [0, 0.1) is 0 Å². The zero-order valence-corrected chi connectivity index (χ0v) is 11.9. The van der Waals surface area contributed by atoms with Gasteiger partial charge in [-0.05, 0) is 18.2 Å². The normalized spacial score (nSPS) is 10.4. The molecule has 0 aliphatic carbocycles. The van der Waals surface area contributed by atoms with E-state index in [2.05, 4.69) is 9.97 Å². The molecule has 7 heteroatoms. The van der Waals surface area contributed by atoms with Crippen molar-refractivity contribution >= 4 is 46.4 Å². The quantitative estimate of drug-likeness (QED) is 0.591. The Morgan fingerprint density at radius 3 is 2.56 bits per heavy atom. The Morgan fingerprint density at radius 1 is 1.11 bits per heavy atom. The number of halogens is 4. The number of aromatic nitrogens is 2. The Bertz CT molecular complexity index is 577. The van der Waals surface area contributed by atoms with Crippen molar-refractivity contribution in [3.8, 4) is 11.6 Å². The second-order valence-corrected chi connectivity index (χ2v) is 4.73. The summed E-state index contributed by atoms with van der Waals surface area (Å²) >= 11 is 23.5. The number of benzene rings is 1. The van der Waals surface area contributed by atoms with Crippen molar-refractivity contribution in [1.29, 1.82) is 0 Å². The largest absolute Gasteiger partial charge is 0.437 e. The standard InChI is InChI=1S/C11H6Cl4N2O/c12-4-7-10(15)16-5-17-11(7)18-9-2-1-6(13)3-8(9)14/h1-3,5H,4H2. The van der Waals surface area contributed by atoms with Gasteiger partial charge in [0.25, 0.3) is 0 Å². The predicted molar refractivity (Wildman–Crippen MR) is 73.1 cm³/mol. The highest BCUT2D eigenvalue weighted by atomic mass is 35.5. The van der Waals surface area contributed by atoms with Crippen molar-refractivity contribution in [3.63, 3.8) is 0 Å². The van der Waals surface area contributed by atoms with Crippen LogP contribution in [-0.4, -0.2) is 9.97 Å². The maximum Gasteiger partial charge on any atom is 0.228 e. The number of hydrogen-bond acceptors (Lipinski definition) is 3. The SMILES string of the molecule is ClCc1c(Cl)ncnc1Oc1ccc(Cl)cc1Cl. The van der Waals surface area contributed by atoms with E-state index in [9.17, 15) is 0 Å². The van der Waals surface area contributed by atoms with Gasteiger partial charge in [-0.25, -0.2) is 9.97 Å². The molecule has 0 saturated heterocycles. The van der Waals surface area contributed by atoms with Gasteiger partial charge in [-0.3, -0.25) is 0 Å². The summed E-state index contributed by atoms with van der Waals surface area (Å²) in [6.07, 6.45) is 1.29. The Labute approximate surface area is 124 Å². The smallest absolute Gasteiger partial charge is 0.228 e. The van der Waals surface area contributed by atoms with E-state index in [-0.39, 0.29) is 16.9 Å². The second kappa shape index (κ2) is 5.93. The molecule has 1 aromatic heterocycles. The van der Waals surface area contributed by atoms with E-state index in [0.717, 1.165) is 0 Å². The summed E-state index contributed by atoms with van der Waals surface area (Å²) in [5, 5.41) is 1.14. The van der Waals surface area contributed by atoms with Gasteiger partial charge < -0.3 is 4.74 Å². The van der Waals surface area contributed by atoms with Gasteiger partial charge >= 0.3 is 0 Å². The molecule has 0 N–H and O–H groups in total. The van der Waals surface area contributed by atoms with Gasteiger partial charge in [0.2, 0.25) is 5.88 Å². The lowest BCUT2D eigenvalue weighted by Gasteiger charge is -2.10. The van der Waals surface area contributed by atoms with Crippen LogP contribution in [0.2, 0.25) is 15.2 Å². The molecule has 2 aromatic rings. The number of alkyl halides is 1. The van der Waals surface area contributed by atoms with Gasteiger partial charge in [0.1, 0.15) is 17.2 Å². The fourth-order valence-corrected chi connectivity index (χ4v) is 2.19. The molecule has 0 saturated carbocycles. The Balaban J connectivity index is 2.37. The number of ether oxygens (including phenoxy) is 1. The molecule has 1 aromatic carbocycles. The van der Waals surface area contributed by atoms with Gasteiger partial charge in [0.05, 0.1) is 16.5 Å². The van der Waals surface area contributed by atoms with E-state index in [1.807, 2.05) is 0 Å². The number of nitrogens with zero attached hydrogens (tertiary/aromatic N) is 2. The first kappa shape index (κ1) is 13.7. The first-order chi connectivity index (χ1) is 8.61. The number of hydrogen-bond donors (Lipinski definition) is 0. The number of rotatable bonds is 3. The third-order valence-electron chi connectivity index (χ3n) is 2.09. The fraction of sp³-hybridized carbons (Fsp3) is 0.0909. The summed E-state index contributed by atoms with van der Waals surface area (Å²) < 4.78 is 5.56. The van der Waals surface area contributed by atoms with Crippen molar-refractivity contribution in [1.82, 2.24) is 9.97 Å². The molecule has 0 bridgehead atoms. The summed E-state index contributed by atoms with van der Waals surface area (Å²) in [6, 6.07) is 4.87. The van der Waals surface area contributed by atoms with Gasteiger partial charge in [0.15, 0.2) is 0 Å². The maximum absolute atomic E-state index is 6.00. The molecule has 0 amide bonds. The van der Waals surface area contributed by atoms with E-state index >= 15 is 0 Å². The monoisotopic (exact) mass is 322 g/mol. The van der Waals surface area contributed by atoms with E-state index in [4.69, 9.17) is 51.1 Å². The van der Waals surface area contributed by atoms with Crippen LogP contribution in [0.1, 0.15) is 5.56 Å². The van der Waals surface area contributed by atoms with Gasteiger partial charge in [-0.2, -0.15) is 0 Å². The molecule has 0 fully saturated rings. The summed E-state index contributed by atoms with van der Waals surface area (Å²) in [5.74, 6) is 0.830. The molecule has 0 unspecified atom stereocenters. The Morgan fingerprint density at radius 2 is 1.89 bits per heavy atom. The third kappa shape index (κ3) is 2.98. The minimum atomic E-state index is 0.139. The van der Waals surface area contributed by atoms with Crippen molar-refractivity contribution in [2.24, 2.45) is 0 Å². The van der Waals surface area contributed by atoms with E-state index < -0.39 is 0 Å². The van der Waals surface area contributed by atoms with Crippen LogP contribution in [0.25, 0.3) is 0 Å². The van der Waals surface area contributed by atoms with Crippen LogP contribution >= 0.6 is 46.4 Å². The average Bonchev–Trinajstić information content (AvgIpc) is 2.33. The van der Waals surface area contributed by atoms with Crippen molar-refractivity contribution in [3.05, 3.63) is 45.3 Å². The molecule has 0 aliphatic heterocycles.